The molecule has 8 aromatic rings. The van der Waals surface area contributed by atoms with Crippen LogP contribution in [-0.4, -0.2) is 0 Å². The van der Waals surface area contributed by atoms with Crippen LogP contribution in [0, 0.1) is 0 Å². The van der Waals surface area contributed by atoms with E-state index in [2.05, 4.69) is 184 Å². The summed E-state index contributed by atoms with van der Waals surface area (Å²) in [6.45, 7) is 9.47. The summed E-state index contributed by atoms with van der Waals surface area (Å²) < 4.78 is 2.66. The van der Waals surface area contributed by atoms with Gasteiger partial charge in [-0.25, -0.2) is 0 Å². The molecule has 2 aliphatic carbocycles. The van der Waals surface area contributed by atoms with Crippen molar-refractivity contribution in [3.8, 4) is 33.4 Å². The number of nitrogens with zero attached hydrogens (tertiary/aromatic N) is 1. The third-order valence-electron chi connectivity index (χ3n) is 11.5. The van der Waals surface area contributed by atoms with Crippen LogP contribution in [0.2, 0.25) is 0 Å². The molecule has 7 aromatic carbocycles. The topological polar surface area (TPSA) is 3.24 Å². The van der Waals surface area contributed by atoms with Gasteiger partial charge in [-0.2, -0.15) is 0 Å². The van der Waals surface area contributed by atoms with E-state index in [1.807, 2.05) is 11.3 Å². The van der Waals surface area contributed by atoms with Crippen molar-refractivity contribution in [2.75, 3.05) is 4.90 Å². The van der Waals surface area contributed by atoms with Crippen LogP contribution in [0.1, 0.15) is 49.9 Å². The Bertz CT molecular complexity index is 2670. The van der Waals surface area contributed by atoms with Crippen molar-refractivity contribution in [2.45, 2.75) is 38.5 Å². The summed E-state index contributed by atoms with van der Waals surface area (Å²) in [4.78, 5) is 2.51. The first-order valence-corrected chi connectivity index (χ1v) is 18.4. The van der Waals surface area contributed by atoms with Crippen molar-refractivity contribution in [1.29, 1.82) is 0 Å². The molecule has 0 bridgehead atoms. The van der Waals surface area contributed by atoms with Gasteiger partial charge in [0.05, 0.1) is 5.69 Å². The van der Waals surface area contributed by atoms with Gasteiger partial charge in [-0.1, -0.05) is 137 Å². The van der Waals surface area contributed by atoms with Crippen LogP contribution in [-0.2, 0) is 10.8 Å². The Kier molecular flexibility index (Phi) is 6.21. The van der Waals surface area contributed by atoms with E-state index in [-0.39, 0.29) is 10.8 Å². The van der Waals surface area contributed by atoms with Crippen molar-refractivity contribution in [2.24, 2.45) is 0 Å². The van der Waals surface area contributed by atoms with Crippen LogP contribution in [0.4, 0.5) is 17.1 Å². The Labute approximate surface area is 298 Å². The molecule has 0 unspecified atom stereocenters. The maximum Gasteiger partial charge on any atom is 0.0543 e. The van der Waals surface area contributed by atoms with Crippen LogP contribution in [0.5, 0.6) is 0 Å². The molecule has 50 heavy (non-hydrogen) atoms. The van der Waals surface area contributed by atoms with Gasteiger partial charge in [-0.05, 0) is 92.5 Å². The highest BCUT2D eigenvalue weighted by Crippen LogP contribution is 2.56. The second kappa shape index (κ2) is 10.5. The van der Waals surface area contributed by atoms with E-state index in [9.17, 15) is 0 Å². The Morgan fingerprint density at radius 2 is 1.04 bits per heavy atom. The zero-order valence-corrected chi connectivity index (χ0v) is 29.6. The van der Waals surface area contributed by atoms with E-state index in [0.29, 0.717) is 0 Å². The number of anilines is 3. The molecule has 10 rings (SSSR count). The minimum Gasteiger partial charge on any atom is -0.310 e. The fourth-order valence-electron chi connectivity index (χ4n) is 8.91. The maximum atomic E-state index is 2.51. The van der Waals surface area contributed by atoms with E-state index in [1.54, 1.807) is 0 Å². The third-order valence-corrected chi connectivity index (χ3v) is 12.6. The van der Waals surface area contributed by atoms with E-state index in [0.717, 1.165) is 5.69 Å². The Morgan fingerprint density at radius 3 is 1.90 bits per heavy atom. The number of rotatable bonds is 4. The highest BCUT2D eigenvalue weighted by molar-refractivity contribution is 7.25. The normalized spacial score (nSPS) is 14.7. The van der Waals surface area contributed by atoms with Gasteiger partial charge < -0.3 is 4.90 Å². The summed E-state index contributed by atoms with van der Waals surface area (Å²) >= 11 is 1.88. The lowest BCUT2D eigenvalue weighted by Gasteiger charge is -2.30. The predicted octanol–water partition coefficient (Wildman–Crippen LogP) is 13.8. The molecule has 2 aliphatic rings. The lowest BCUT2D eigenvalue weighted by molar-refractivity contribution is 0.660. The fourth-order valence-corrected chi connectivity index (χ4v) is 10.1. The van der Waals surface area contributed by atoms with Crippen molar-refractivity contribution in [1.82, 2.24) is 0 Å². The molecule has 0 spiro atoms. The van der Waals surface area contributed by atoms with Crippen molar-refractivity contribution < 1.29 is 0 Å². The summed E-state index contributed by atoms with van der Waals surface area (Å²) in [5, 5.41) is 2.66. The predicted molar refractivity (Wildman–Crippen MR) is 215 cm³/mol. The average Bonchev–Trinajstić information content (AvgIpc) is 3.72. The number of thiophene rings is 1. The Morgan fingerprint density at radius 1 is 0.420 bits per heavy atom. The largest absolute Gasteiger partial charge is 0.310 e. The van der Waals surface area contributed by atoms with Crippen molar-refractivity contribution in [3.05, 3.63) is 174 Å². The SMILES string of the molecule is CC1(C)c2ccccc2-c2ccc(N(c3cccc(-c4ccc5c(c4)sc4ccccc45)c3)c3cccc4c3-c3ccccc3C4(C)C)cc21. The summed E-state index contributed by atoms with van der Waals surface area (Å²) in [5.74, 6) is 0. The highest BCUT2D eigenvalue weighted by atomic mass is 32.1. The van der Waals surface area contributed by atoms with Gasteiger partial charge in [0.1, 0.15) is 0 Å². The molecular formula is C48H37NS. The van der Waals surface area contributed by atoms with Crippen LogP contribution < -0.4 is 4.90 Å². The molecule has 0 radical (unpaired) electrons. The molecule has 0 saturated carbocycles. The summed E-state index contributed by atoms with van der Waals surface area (Å²) in [6.07, 6.45) is 0. The molecule has 1 heterocycles. The molecule has 0 saturated heterocycles. The van der Waals surface area contributed by atoms with Gasteiger partial charge in [0.2, 0.25) is 0 Å². The fraction of sp³-hybridized carbons (Fsp3) is 0.125. The Balaban J connectivity index is 1.19. The zero-order valence-electron chi connectivity index (χ0n) is 28.8. The van der Waals surface area contributed by atoms with Crippen molar-refractivity contribution >= 4 is 48.6 Å². The molecule has 2 heteroatoms. The average molecular weight is 660 g/mol. The van der Waals surface area contributed by atoms with Crippen LogP contribution >= 0.6 is 11.3 Å². The van der Waals surface area contributed by atoms with Gasteiger partial charge in [-0.3, -0.25) is 0 Å². The van der Waals surface area contributed by atoms with E-state index < -0.39 is 0 Å². The molecule has 1 nitrogen and oxygen atoms in total. The minimum absolute atomic E-state index is 0.0866. The van der Waals surface area contributed by atoms with Gasteiger partial charge >= 0.3 is 0 Å². The van der Waals surface area contributed by atoms with Gasteiger partial charge in [0.25, 0.3) is 0 Å². The van der Waals surface area contributed by atoms with E-state index in [4.69, 9.17) is 0 Å². The molecule has 1 aromatic heterocycles. The second-order valence-corrected chi connectivity index (χ2v) is 16.0. The van der Waals surface area contributed by atoms with Gasteiger partial charge in [0.15, 0.2) is 0 Å². The first-order chi connectivity index (χ1) is 24.3. The van der Waals surface area contributed by atoms with E-state index >= 15 is 0 Å². The number of hydrogen-bond donors (Lipinski definition) is 0. The van der Waals surface area contributed by atoms with E-state index in [1.165, 1.54) is 87.2 Å². The molecule has 0 N–H and O–H groups in total. The summed E-state index contributed by atoms with van der Waals surface area (Å²) in [6, 6.07) is 56.8. The third kappa shape index (κ3) is 4.12. The second-order valence-electron chi connectivity index (χ2n) is 15.0. The smallest absolute Gasteiger partial charge is 0.0543 e. The summed E-state index contributed by atoms with van der Waals surface area (Å²) in [7, 11) is 0. The lowest BCUT2D eigenvalue weighted by atomic mass is 9.82. The van der Waals surface area contributed by atoms with Crippen molar-refractivity contribution in [3.63, 3.8) is 0 Å². The highest BCUT2D eigenvalue weighted by Gasteiger charge is 2.39. The van der Waals surface area contributed by atoms with Crippen LogP contribution in [0.25, 0.3) is 53.6 Å². The molecule has 0 atom stereocenters. The standard InChI is InChI=1S/C48H37NS/c1-47(2)40-19-9-6-17-38(40)46-41(47)20-12-21-43(46)49(33-24-26-35-34-15-5-8-18-39(34)48(3,4)42(35)29-33)32-14-11-13-30(27-32)31-23-25-37-36-16-7-10-22-44(36)50-45(37)28-31/h5-29H,1-4H3. The molecule has 0 aliphatic heterocycles. The van der Waals surface area contributed by atoms with Crippen LogP contribution in [0.15, 0.2) is 152 Å². The monoisotopic (exact) mass is 659 g/mol. The first-order valence-electron chi connectivity index (χ1n) is 17.6. The number of fused-ring (bicyclic) bond motifs is 9. The molecule has 240 valence electrons. The first kappa shape index (κ1) is 29.5. The lowest BCUT2D eigenvalue weighted by Crippen LogP contribution is -2.17. The van der Waals surface area contributed by atoms with Crippen LogP contribution in [0.3, 0.4) is 0 Å². The number of benzene rings is 7. The molecule has 0 fully saturated rings. The number of hydrogen-bond acceptors (Lipinski definition) is 2. The minimum atomic E-state index is -0.0949. The van der Waals surface area contributed by atoms with Gasteiger partial charge in [0, 0.05) is 47.9 Å². The maximum absolute atomic E-state index is 2.51. The Hall–Kier alpha value is -5.44. The zero-order chi connectivity index (χ0) is 33.8. The summed E-state index contributed by atoms with van der Waals surface area (Å²) in [5.41, 5.74) is 16.7. The van der Waals surface area contributed by atoms with Gasteiger partial charge in [-0.15, -0.1) is 11.3 Å². The molecule has 0 amide bonds. The quantitative estimate of drug-likeness (QED) is 0.182. The molecular weight excluding hydrogens is 623 g/mol.